The molecule has 174 valence electrons. The molecule has 0 rings (SSSR count). The molecule has 0 aliphatic carbocycles. The predicted octanol–water partition coefficient (Wildman–Crippen LogP) is 11.1. The van der Waals surface area contributed by atoms with Crippen molar-refractivity contribution in [2.75, 3.05) is 0 Å². The Labute approximate surface area is 191 Å². The molecular formula is C30H54. The number of hydrogen-bond acceptors (Lipinski definition) is 0. The maximum Gasteiger partial charge on any atom is -0.0348 e. The number of hydrogen-bond donors (Lipinski definition) is 0. The molecule has 30 heavy (non-hydrogen) atoms. The van der Waals surface area contributed by atoms with Crippen molar-refractivity contribution in [1.29, 1.82) is 0 Å². The smallest absolute Gasteiger partial charge is 0.0348 e. The topological polar surface area (TPSA) is 0 Å². The summed E-state index contributed by atoms with van der Waals surface area (Å²) in [5, 5.41) is 0. The number of unbranched alkanes of at least 4 members (excludes halogenated alkanes) is 20. The monoisotopic (exact) mass is 414 g/mol. The van der Waals surface area contributed by atoms with Crippen LogP contribution < -0.4 is 0 Å². The van der Waals surface area contributed by atoms with Crippen LogP contribution in [0, 0.1) is 0 Å². The molecule has 0 unspecified atom stereocenters. The lowest BCUT2D eigenvalue weighted by atomic mass is 10.0. The second kappa shape index (κ2) is 28.0. The van der Waals surface area contributed by atoms with E-state index in [4.69, 9.17) is 0 Å². The Hall–Kier alpha value is -1.04. The van der Waals surface area contributed by atoms with Crippen molar-refractivity contribution in [2.45, 2.75) is 142 Å². The molecule has 0 aromatic carbocycles. The van der Waals surface area contributed by atoms with Gasteiger partial charge in [-0.05, 0) is 12.8 Å². The zero-order valence-electron chi connectivity index (χ0n) is 20.6. The Morgan fingerprint density at radius 3 is 1.13 bits per heavy atom. The largest absolute Gasteiger partial charge is 0.0991 e. The van der Waals surface area contributed by atoms with Crippen LogP contribution in [0.4, 0.5) is 0 Å². The van der Waals surface area contributed by atoms with E-state index in [1.165, 1.54) is 135 Å². The lowest BCUT2D eigenvalue weighted by Gasteiger charge is -2.04. The molecule has 0 amide bonds. The minimum Gasteiger partial charge on any atom is -0.0991 e. The molecule has 0 heteroatoms. The molecule has 0 N–H and O–H groups in total. The van der Waals surface area contributed by atoms with Crippen LogP contribution in [0.2, 0.25) is 0 Å². The third-order valence-corrected chi connectivity index (χ3v) is 5.94. The Bertz CT molecular complexity index is 398. The first kappa shape index (κ1) is 29.0. The van der Waals surface area contributed by atoms with Crippen LogP contribution in [0.15, 0.2) is 49.1 Å². The van der Waals surface area contributed by atoms with Gasteiger partial charge in [0.1, 0.15) is 0 Å². The van der Waals surface area contributed by atoms with Crippen LogP contribution in [0.1, 0.15) is 142 Å². The highest BCUT2D eigenvalue weighted by Crippen LogP contribution is 2.15. The van der Waals surface area contributed by atoms with Crippen molar-refractivity contribution in [3.05, 3.63) is 49.1 Å². The van der Waals surface area contributed by atoms with Gasteiger partial charge < -0.3 is 0 Å². The highest BCUT2D eigenvalue weighted by Gasteiger charge is 1.95. The molecule has 0 saturated carbocycles. The van der Waals surface area contributed by atoms with Crippen LogP contribution in [0.3, 0.4) is 0 Å². The van der Waals surface area contributed by atoms with Crippen LogP contribution in [0.25, 0.3) is 0 Å². The van der Waals surface area contributed by atoms with Gasteiger partial charge in [0.25, 0.3) is 0 Å². The minimum atomic E-state index is 1.22. The molecule has 0 radical (unpaired) electrons. The van der Waals surface area contributed by atoms with E-state index in [-0.39, 0.29) is 0 Å². The third-order valence-electron chi connectivity index (χ3n) is 5.94. The summed E-state index contributed by atoms with van der Waals surface area (Å²) in [6.07, 6.45) is 44.5. The highest BCUT2D eigenvalue weighted by atomic mass is 14.0. The molecule has 0 aliphatic heterocycles. The van der Waals surface area contributed by atoms with Crippen molar-refractivity contribution < 1.29 is 0 Å². The van der Waals surface area contributed by atoms with E-state index in [1.807, 2.05) is 12.2 Å². The van der Waals surface area contributed by atoms with Gasteiger partial charge in [0, 0.05) is 0 Å². The highest BCUT2D eigenvalue weighted by molar-refractivity contribution is 5.14. The van der Waals surface area contributed by atoms with Gasteiger partial charge >= 0.3 is 0 Å². The van der Waals surface area contributed by atoms with Crippen LogP contribution >= 0.6 is 0 Å². The van der Waals surface area contributed by atoms with Gasteiger partial charge in [0.2, 0.25) is 0 Å². The predicted molar refractivity (Wildman–Crippen MR) is 140 cm³/mol. The first-order valence-electron chi connectivity index (χ1n) is 13.5. The SMILES string of the molecule is C=CC=CC=CC=CCCCCCCCCCCCCCCCCCCCCCC. The van der Waals surface area contributed by atoms with Crippen molar-refractivity contribution in [2.24, 2.45) is 0 Å². The fourth-order valence-electron chi connectivity index (χ4n) is 3.96. The Kier molecular flexibility index (Phi) is 27.0. The van der Waals surface area contributed by atoms with Gasteiger partial charge in [-0.3, -0.25) is 0 Å². The molecule has 0 atom stereocenters. The Balaban J connectivity index is 3.09. The van der Waals surface area contributed by atoms with Crippen molar-refractivity contribution >= 4 is 0 Å². The maximum atomic E-state index is 3.65. The van der Waals surface area contributed by atoms with E-state index < -0.39 is 0 Å². The van der Waals surface area contributed by atoms with Gasteiger partial charge in [-0.25, -0.2) is 0 Å². The Morgan fingerprint density at radius 1 is 0.400 bits per heavy atom. The summed E-state index contributed by atoms with van der Waals surface area (Å²) in [6.45, 7) is 5.95. The second-order valence-corrected chi connectivity index (χ2v) is 8.94. The molecule has 0 aromatic rings. The second-order valence-electron chi connectivity index (χ2n) is 8.94. The summed E-state index contributed by atoms with van der Waals surface area (Å²) >= 11 is 0. The molecule has 0 aliphatic rings. The van der Waals surface area contributed by atoms with Crippen molar-refractivity contribution in [3.63, 3.8) is 0 Å². The van der Waals surface area contributed by atoms with E-state index in [9.17, 15) is 0 Å². The summed E-state index contributed by atoms with van der Waals surface area (Å²) in [6, 6.07) is 0. The fraction of sp³-hybridized carbons (Fsp3) is 0.733. The lowest BCUT2D eigenvalue weighted by Crippen LogP contribution is -1.84. The van der Waals surface area contributed by atoms with E-state index >= 15 is 0 Å². The summed E-state index contributed by atoms with van der Waals surface area (Å²) in [4.78, 5) is 0. The molecule has 0 bridgehead atoms. The van der Waals surface area contributed by atoms with Crippen molar-refractivity contribution in [1.82, 2.24) is 0 Å². The van der Waals surface area contributed by atoms with E-state index in [0.717, 1.165) is 0 Å². The summed E-state index contributed by atoms with van der Waals surface area (Å²) < 4.78 is 0. The quantitative estimate of drug-likeness (QED) is 0.109. The summed E-state index contributed by atoms with van der Waals surface area (Å²) in [5.41, 5.74) is 0. The van der Waals surface area contributed by atoms with E-state index in [2.05, 4.69) is 37.8 Å². The summed E-state index contributed by atoms with van der Waals surface area (Å²) in [5.74, 6) is 0. The standard InChI is InChI=1S/C30H54/c1-3-5-7-9-11-13-15-17-19-21-23-25-27-29-30-28-26-24-22-20-18-16-14-12-10-8-6-4-2/h3,5,7,9,11,13,15H,1,4,6,8,10,12,14,16-30H2,2H3. The normalized spacial score (nSPS) is 12.0. The lowest BCUT2D eigenvalue weighted by molar-refractivity contribution is 0.522. The average molecular weight is 415 g/mol. The third kappa shape index (κ3) is 27.0. The number of allylic oxidation sites excluding steroid dienone is 7. The Morgan fingerprint density at radius 2 is 0.733 bits per heavy atom. The van der Waals surface area contributed by atoms with Gasteiger partial charge in [0.15, 0.2) is 0 Å². The van der Waals surface area contributed by atoms with Crippen LogP contribution in [0.5, 0.6) is 0 Å². The maximum absolute atomic E-state index is 3.65. The molecule has 0 saturated heterocycles. The van der Waals surface area contributed by atoms with Gasteiger partial charge in [-0.15, -0.1) is 0 Å². The molecular weight excluding hydrogens is 360 g/mol. The molecule has 0 heterocycles. The molecule has 0 fully saturated rings. The van der Waals surface area contributed by atoms with Gasteiger partial charge in [-0.1, -0.05) is 178 Å². The van der Waals surface area contributed by atoms with Gasteiger partial charge in [0.05, 0.1) is 0 Å². The first-order chi connectivity index (χ1) is 14.9. The minimum absolute atomic E-state index is 1.22. The van der Waals surface area contributed by atoms with E-state index in [1.54, 1.807) is 6.08 Å². The van der Waals surface area contributed by atoms with Crippen LogP contribution in [-0.4, -0.2) is 0 Å². The molecule has 0 spiro atoms. The van der Waals surface area contributed by atoms with Crippen LogP contribution in [-0.2, 0) is 0 Å². The zero-order chi connectivity index (χ0) is 21.8. The zero-order valence-corrected chi connectivity index (χ0v) is 20.6. The average Bonchev–Trinajstić information content (AvgIpc) is 2.76. The number of rotatable bonds is 24. The molecule has 0 aromatic heterocycles. The van der Waals surface area contributed by atoms with Gasteiger partial charge in [-0.2, -0.15) is 0 Å². The van der Waals surface area contributed by atoms with E-state index in [0.29, 0.717) is 0 Å². The summed E-state index contributed by atoms with van der Waals surface area (Å²) in [7, 11) is 0. The fourth-order valence-corrected chi connectivity index (χ4v) is 3.96. The molecule has 0 nitrogen and oxygen atoms in total. The first-order valence-corrected chi connectivity index (χ1v) is 13.5. The van der Waals surface area contributed by atoms with Crippen molar-refractivity contribution in [3.8, 4) is 0 Å².